The van der Waals surface area contributed by atoms with Crippen molar-refractivity contribution in [2.24, 2.45) is 7.05 Å². The van der Waals surface area contributed by atoms with Crippen LogP contribution in [0.4, 0.5) is 0 Å². The van der Waals surface area contributed by atoms with Crippen molar-refractivity contribution in [3.05, 3.63) is 64.8 Å². The molecule has 174 valence electrons. The second-order valence-corrected chi connectivity index (χ2v) is 17.2. The number of hydrogen-bond acceptors (Lipinski definition) is 0. The number of benzene rings is 2. The summed E-state index contributed by atoms with van der Waals surface area (Å²) in [5.74, 6) is 1.49. The smallest absolute Gasteiger partial charge is 0.198 e. The normalized spacial score (nSPS) is 19.8. The second-order valence-electron chi connectivity index (χ2n) is 11.9. The zero-order valence-electron chi connectivity index (χ0n) is 21.5. The molecule has 2 heteroatoms. The van der Waals surface area contributed by atoms with Crippen LogP contribution in [0.25, 0.3) is 22.0 Å². The molecule has 2 aromatic carbocycles. The molecular formula is C31H42NSi+. The molecule has 2 heterocycles. The van der Waals surface area contributed by atoms with Gasteiger partial charge >= 0.3 is 0 Å². The monoisotopic (exact) mass is 456 g/mol. The molecule has 33 heavy (non-hydrogen) atoms. The second kappa shape index (κ2) is 9.02. The fourth-order valence-corrected chi connectivity index (χ4v) is 9.00. The molecule has 0 N–H and O–H groups in total. The van der Waals surface area contributed by atoms with Gasteiger partial charge in [0.15, 0.2) is 5.69 Å². The third-order valence-electron chi connectivity index (χ3n) is 8.96. The maximum absolute atomic E-state index is 2.57. The molecule has 0 bridgehead atoms. The molecule has 1 saturated heterocycles. The van der Waals surface area contributed by atoms with Crippen LogP contribution in [0.2, 0.25) is 25.2 Å². The lowest BCUT2D eigenvalue weighted by Crippen LogP contribution is -2.35. The highest BCUT2D eigenvalue weighted by atomic mass is 28.3. The molecule has 0 radical (unpaired) electrons. The van der Waals surface area contributed by atoms with E-state index in [1.165, 1.54) is 90.3 Å². The third-order valence-corrected chi connectivity index (χ3v) is 12.2. The lowest BCUT2D eigenvalue weighted by atomic mass is 9.82. The van der Waals surface area contributed by atoms with E-state index in [-0.39, 0.29) is 0 Å². The van der Waals surface area contributed by atoms with Crippen LogP contribution < -0.4 is 4.57 Å². The van der Waals surface area contributed by atoms with Gasteiger partial charge in [-0.25, -0.2) is 0 Å². The molecule has 0 unspecified atom stereocenters. The standard InChI is InChI=1S/C31H42NSi/c1-22-11-12-27(24-9-7-6-8-10-24)21-30(22)31-29-14-13-26(20-28(29)19-23(2)32(31)3)25-15-17-33(4,5)18-16-25/h11-14,19-21,24-25H,6-10,15-18H2,1-5H3/q+1. The molecule has 0 spiro atoms. The minimum absolute atomic E-state index is 0.741. The van der Waals surface area contributed by atoms with Crippen molar-refractivity contribution in [3.63, 3.8) is 0 Å². The van der Waals surface area contributed by atoms with Crippen molar-refractivity contribution in [2.45, 2.75) is 95.8 Å². The summed E-state index contributed by atoms with van der Waals surface area (Å²) in [5, 5.41) is 2.82. The number of pyridine rings is 1. The Kier molecular flexibility index (Phi) is 6.24. The number of aromatic nitrogens is 1. The van der Waals surface area contributed by atoms with E-state index in [0.29, 0.717) is 0 Å². The quantitative estimate of drug-likeness (QED) is 0.274. The van der Waals surface area contributed by atoms with Gasteiger partial charge < -0.3 is 0 Å². The first-order valence-electron chi connectivity index (χ1n) is 13.4. The Morgan fingerprint density at radius 1 is 0.758 bits per heavy atom. The molecule has 1 aromatic heterocycles. The van der Waals surface area contributed by atoms with E-state index in [0.717, 1.165) is 11.8 Å². The first-order chi connectivity index (χ1) is 15.8. The molecule has 0 atom stereocenters. The molecule has 1 saturated carbocycles. The number of fused-ring (bicyclic) bond motifs is 1. The maximum atomic E-state index is 2.57. The van der Waals surface area contributed by atoms with E-state index in [2.05, 4.69) is 81.0 Å². The Hall–Kier alpha value is -1.93. The fraction of sp³-hybridized carbons (Fsp3) is 0.516. The summed E-state index contributed by atoms with van der Waals surface area (Å²) in [6.45, 7) is 9.70. The van der Waals surface area contributed by atoms with Gasteiger partial charge in [0, 0.05) is 26.6 Å². The summed E-state index contributed by atoms with van der Waals surface area (Å²) >= 11 is 0. The fourth-order valence-electron chi connectivity index (χ4n) is 6.49. The summed E-state index contributed by atoms with van der Waals surface area (Å²) < 4.78 is 2.42. The largest absolute Gasteiger partial charge is 0.220 e. The van der Waals surface area contributed by atoms with Crippen LogP contribution >= 0.6 is 0 Å². The van der Waals surface area contributed by atoms with Crippen LogP contribution in [0.15, 0.2) is 42.5 Å². The van der Waals surface area contributed by atoms with E-state index in [1.807, 2.05) is 0 Å². The van der Waals surface area contributed by atoms with Gasteiger partial charge in [-0.3, -0.25) is 0 Å². The van der Waals surface area contributed by atoms with E-state index in [1.54, 1.807) is 11.1 Å². The van der Waals surface area contributed by atoms with Crippen molar-refractivity contribution in [1.82, 2.24) is 0 Å². The van der Waals surface area contributed by atoms with Crippen LogP contribution in [0.1, 0.15) is 79.2 Å². The van der Waals surface area contributed by atoms with Crippen LogP contribution in [-0.4, -0.2) is 8.07 Å². The third kappa shape index (κ3) is 4.56. The van der Waals surface area contributed by atoms with Crippen LogP contribution in [0.3, 0.4) is 0 Å². The number of rotatable bonds is 3. The Labute approximate surface area is 202 Å². The zero-order valence-corrected chi connectivity index (χ0v) is 22.5. The minimum Gasteiger partial charge on any atom is -0.198 e. The Morgan fingerprint density at radius 3 is 2.12 bits per heavy atom. The molecule has 2 fully saturated rings. The topological polar surface area (TPSA) is 3.88 Å². The van der Waals surface area contributed by atoms with E-state index in [4.69, 9.17) is 0 Å². The van der Waals surface area contributed by atoms with Crippen molar-refractivity contribution in [1.29, 1.82) is 0 Å². The summed E-state index contributed by atoms with van der Waals surface area (Å²) in [6, 6.07) is 20.1. The highest BCUT2D eigenvalue weighted by Crippen LogP contribution is 2.40. The van der Waals surface area contributed by atoms with Gasteiger partial charge in [-0.05, 0) is 78.7 Å². The first-order valence-corrected chi connectivity index (χ1v) is 16.8. The summed E-state index contributed by atoms with van der Waals surface area (Å²) in [5.41, 5.74) is 8.67. The average molecular weight is 457 g/mol. The van der Waals surface area contributed by atoms with E-state index < -0.39 is 8.07 Å². The Morgan fingerprint density at radius 2 is 1.39 bits per heavy atom. The van der Waals surface area contributed by atoms with Gasteiger partial charge in [-0.1, -0.05) is 68.7 Å². The van der Waals surface area contributed by atoms with Crippen molar-refractivity contribution < 1.29 is 4.57 Å². The van der Waals surface area contributed by atoms with Gasteiger partial charge in [-0.2, -0.15) is 4.57 Å². The van der Waals surface area contributed by atoms with Crippen LogP contribution in [0.5, 0.6) is 0 Å². The van der Waals surface area contributed by atoms with Crippen molar-refractivity contribution in [3.8, 4) is 11.3 Å². The molecule has 1 nitrogen and oxygen atoms in total. The van der Waals surface area contributed by atoms with Crippen molar-refractivity contribution in [2.75, 3.05) is 0 Å². The zero-order chi connectivity index (χ0) is 23.2. The number of hydrogen-bond donors (Lipinski definition) is 0. The van der Waals surface area contributed by atoms with Gasteiger partial charge in [0.25, 0.3) is 0 Å². The average Bonchev–Trinajstić information content (AvgIpc) is 2.81. The first kappa shape index (κ1) is 22.8. The molecule has 2 aliphatic rings. The molecule has 1 aliphatic heterocycles. The predicted octanol–water partition coefficient (Wildman–Crippen LogP) is 8.58. The van der Waals surface area contributed by atoms with Crippen LogP contribution in [-0.2, 0) is 7.05 Å². The Balaban J connectivity index is 1.58. The summed E-state index contributed by atoms with van der Waals surface area (Å²) in [7, 11) is 1.33. The van der Waals surface area contributed by atoms with E-state index in [9.17, 15) is 0 Å². The van der Waals surface area contributed by atoms with Crippen molar-refractivity contribution >= 4 is 18.8 Å². The Bertz CT molecular complexity index is 1160. The maximum Gasteiger partial charge on any atom is 0.220 e. The van der Waals surface area contributed by atoms with Crippen LogP contribution in [0, 0.1) is 13.8 Å². The molecule has 1 aliphatic carbocycles. The molecule has 0 amide bonds. The summed E-state index contributed by atoms with van der Waals surface area (Å²) in [4.78, 5) is 0. The van der Waals surface area contributed by atoms with Gasteiger partial charge in [-0.15, -0.1) is 0 Å². The SMILES string of the molecule is Cc1ccc(C2CCCCC2)cc1-c1c2ccc(C3CC[Si](C)(C)CC3)cc2cc(C)[n+]1C. The molecule has 5 rings (SSSR count). The lowest BCUT2D eigenvalue weighted by molar-refractivity contribution is -0.665. The molecular weight excluding hydrogens is 414 g/mol. The highest BCUT2D eigenvalue weighted by Gasteiger charge is 2.30. The van der Waals surface area contributed by atoms with E-state index >= 15 is 0 Å². The number of nitrogens with zero attached hydrogens (tertiary/aromatic N) is 1. The number of aryl methyl sites for hydroxylation is 2. The predicted molar refractivity (Wildman–Crippen MR) is 145 cm³/mol. The van der Waals surface area contributed by atoms with Gasteiger partial charge in [0.05, 0.1) is 5.39 Å². The van der Waals surface area contributed by atoms with Gasteiger partial charge in [0.2, 0.25) is 5.69 Å². The van der Waals surface area contributed by atoms with Gasteiger partial charge in [0.1, 0.15) is 7.05 Å². The lowest BCUT2D eigenvalue weighted by Gasteiger charge is -2.33. The highest BCUT2D eigenvalue weighted by molar-refractivity contribution is 6.77. The minimum atomic E-state index is -0.918. The summed E-state index contributed by atoms with van der Waals surface area (Å²) in [6.07, 6.45) is 9.67. The molecule has 3 aromatic rings.